The number of carbonyl (C=O) groups is 2. The van der Waals surface area contributed by atoms with Crippen molar-refractivity contribution in [3.8, 4) is 0 Å². The lowest BCUT2D eigenvalue weighted by Crippen LogP contribution is -2.37. The van der Waals surface area contributed by atoms with Crippen LogP contribution in [0.1, 0.15) is 309 Å². The van der Waals surface area contributed by atoms with Gasteiger partial charge < -0.3 is 18.9 Å². The molecule has 0 aromatic heterocycles. The molecule has 1 N–H and O–H groups in total. The van der Waals surface area contributed by atoms with Gasteiger partial charge in [-0.1, -0.05) is 355 Å². The third-order valence-electron chi connectivity index (χ3n) is 16.8. The van der Waals surface area contributed by atoms with Crippen molar-refractivity contribution in [1.82, 2.24) is 0 Å². The molecule has 0 saturated heterocycles. The first-order valence-corrected chi connectivity index (χ1v) is 42.3. The number of phosphoric acid groups is 1. The van der Waals surface area contributed by atoms with Gasteiger partial charge in [0, 0.05) is 12.8 Å². The Morgan fingerprint density at radius 1 is 0.304 bits per heavy atom. The Kier molecular flexibility index (Phi) is 75.5. The van der Waals surface area contributed by atoms with Crippen LogP contribution in [0.4, 0.5) is 0 Å². The molecule has 102 heavy (non-hydrogen) atoms. The number of esters is 2. The molecule has 0 fully saturated rings. The zero-order valence-electron chi connectivity index (χ0n) is 65.8. The van der Waals surface area contributed by atoms with E-state index in [2.05, 4.69) is 220 Å². The number of nitrogens with zero attached hydrogens (tertiary/aromatic N) is 1. The summed E-state index contributed by atoms with van der Waals surface area (Å²) >= 11 is 0. The van der Waals surface area contributed by atoms with Crippen LogP contribution in [0.2, 0.25) is 0 Å². The van der Waals surface area contributed by atoms with Gasteiger partial charge in [0.2, 0.25) is 0 Å². The molecular weight excluding hydrogens is 1280 g/mol. The van der Waals surface area contributed by atoms with Crippen LogP contribution in [0.25, 0.3) is 0 Å². The van der Waals surface area contributed by atoms with Crippen LogP contribution in [-0.2, 0) is 32.7 Å². The number of phosphoric ester groups is 1. The molecule has 0 saturated carbocycles. The van der Waals surface area contributed by atoms with Crippen molar-refractivity contribution in [2.45, 2.75) is 315 Å². The van der Waals surface area contributed by atoms with Crippen molar-refractivity contribution in [1.29, 1.82) is 0 Å². The van der Waals surface area contributed by atoms with E-state index in [0.717, 1.165) is 161 Å². The third-order valence-corrected chi connectivity index (χ3v) is 17.8. The molecule has 0 aliphatic carbocycles. The number of rotatable bonds is 73. The van der Waals surface area contributed by atoms with Gasteiger partial charge in [0.1, 0.15) is 19.8 Å². The summed E-state index contributed by atoms with van der Waals surface area (Å²) in [5, 5.41) is 0. The molecular formula is C92H151NO8P+. The van der Waals surface area contributed by atoms with Crippen molar-refractivity contribution in [3.05, 3.63) is 207 Å². The second kappa shape index (κ2) is 79.7. The highest BCUT2D eigenvalue weighted by molar-refractivity contribution is 7.47. The number of hydrogen-bond acceptors (Lipinski definition) is 7. The predicted octanol–water partition coefficient (Wildman–Crippen LogP) is 27.7. The monoisotopic (exact) mass is 1430 g/mol. The summed E-state index contributed by atoms with van der Waals surface area (Å²) < 4.78 is 34.8. The van der Waals surface area contributed by atoms with Crippen molar-refractivity contribution >= 4 is 19.8 Å². The van der Waals surface area contributed by atoms with Gasteiger partial charge in [-0.25, -0.2) is 4.57 Å². The number of carbonyl (C=O) groups excluding carboxylic acids is 2. The normalized spacial score (nSPS) is 14.1. The molecule has 10 heteroatoms. The van der Waals surface area contributed by atoms with Gasteiger partial charge in [0.05, 0.1) is 27.7 Å². The van der Waals surface area contributed by atoms with Gasteiger partial charge in [-0.05, 0) is 148 Å². The van der Waals surface area contributed by atoms with E-state index in [9.17, 15) is 19.0 Å². The quantitative estimate of drug-likeness (QED) is 0.0211. The number of quaternary nitrogens is 1. The van der Waals surface area contributed by atoms with Crippen LogP contribution in [0, 0.1) is 0 Å². The lowest BCUT2D eigenvalue weighted by molar-refractivity contribution is -0.870. The molecule has 0 aliphatic rings. The van der Waals surface area contributed by atoms with Crippen LogP contribution < -0.4 is 0 Å². The molecule has 9 nitrogen and oxygen atoms in total. The maximum Gasteiger partial charge on any atom is 0.472 e. The molecule has 0 spiro atoms. The lowest BCUT2D eigenvalue weighted by atomic mass is 10.0. The second-order valence-electron chi connectivity index (χ2n) is 27.7. The van der Waals surface area contributed by atoms with E-state index in [1.807, 2.05) is 21.1 Å². The Labute approximate surface area is 627 Å². The molecule has 0 aliphatic heterocycles. The highest BCUT2D eigenvalue weighted by Gasteiger charge is 2.27. The number of likely N-dealkylation sites (N-methyl/N-ethyl adjacent to an activating group) is 1. The van der Waals surface area contributed by atoms with Crippen molar-refractivity contribution in [2.75, 3.05) is 47.5 Å². The van der Waals surface area contributed by atoms with Crippen LogP contribution >= 0.6 is 7.82 Å². The summed E-state index contributed by atoms with van der Waals surface area (Å²) in [7, 11) is 1.45. The first-order chi connectivity index (χ1) is 50.0. The fraction of sp³-hybridized carbons (Fsp3) is 0.609. The third kappa shape index (κ3) is 83.5. The van der Waals surface area contributed by atoms with Gasteiger partial charge in [-0.3, -0.25) is 18.6 Å². The number of hydrogen-bond donors (Lipinski definition) is 1. The first kappa shape index (κ1) is 96.6. The van der Waals surface area contributed by atoms with Gasteiger partial charge in [0.15, 0.2) is 6.10 Å². The smallest absolute Gasteiger partial charge is 0.462 e. The van der Waals surface area contributed by atoms with Gasteiger partial charge in [-0.2, -0.15) is 0 Å². The van der Waals surface area contributed by atoms with E-state index in [0.29, 0.717) is 17.4 Å². The van der Waals surface area contributed by atoms with E-state index >= 15 is 0 Å². The van der Waals surface area contributed by atoms with Crippen LogP contribution in [-0.4, -0.2) is 74.9 Å². The highest BCUT2D eigenvalue weighted by Crippen LogP contribution is 2.43. The number of unbranched alkanes of at least 4 members (excludes halogenated alkanes) is 25. The predicted molar refractivity (Wildman–Crippen MR) is 445 cm³/mol. The van der Waals surface area contributed by atoms with E-state index in [4.69, 9.17) is 18.5 Å². The topological polar surface area (TPSA) is 108 Å². The largest absolute Gasteiger partial charge is 0.472 e. The average molecular weight is 1430 g/mol. The SMILES string of the molecule is CC/C=C\C/C=C\C/C=C\C/C=C\C/C=C\C/C=C\C/C=C\C/C=C\C/C=C\C/C=C\C/C=C\CCCCCCCC(=O)OC(COC(=O)CCCCCCCCCCCCCCCCCCCCCC/C=C\C/C=C\C/C=C\C/C=C\C/C=C\C/C=C\CC)COP(=O)(O)OCC[N+](C)(C)C. The average Bonchev–Trinajstić information content (AvgIpc) is 0.914. The summed E-state index contributed by atoms with van der Waals surface area (Å²) in [6.45, 7) is 4.18. The molecule has 0 bridgehead atoms. The molecule has 576 valence electrons. The van der Waals surface area contributed by atoms with Crippen molar-refractivity contribution in [2.24, 2.45) is 0 Å². The first-order valence-electron chi connectivity index (χ1n) is 40.8. The lowest BCUT2D eigenvalue weighted by Gasteiger charge is -2.24. The second-order valence-corrected chi connectivity index (χ2v) is 29.1. The van der Waals surface area contributed by atoms with Gasteiger partial charge >= 0.3 is 19.8 Å². The Bertz CT molecular complexity index is 2480. The maximum atomic E-state index is 12.9. The molecule has 0 aromatic rings. The Morgan fingerprint density at radius 2 is 0.529 bits per heavy atom. The van der Waals surface area contributed by atoms with Gasteiger partial charge in [-0.15, -0.1) is 0 Å². The fourth-order valence-corrected chi connectivity index (χ4v) is 11.4. The Morgan fingerprint density at radius 3 is 0.784 bits per heavy atom. The zero-order chi connectivity index (χ0) is 74.0. The van der Waals surface area contributed by atoms with Crippen molar-refractivity contribution < 1.29 is 42.1 Å². The molecule has 0 amide bonds. The zero-order valence-corrected chi connectivity index (χ0v) is 66.7. The molecule has 0 aromatic carbocycles. The molecule has 0 heterocycles. The van der Waals surface area contributed by atoms with Crippen molar-refractivity contribution in [3.63, 3.8) is 0 Å². The summed E-state index contributed by atoms with van der Waals surface area (Å²) in [6.07, 6.45) is 125. The minimum absolute atomic E-state index is 0.0188. The summed E-state index contributed by atoms with van der Waals surface area (Å²) in [5.74, 6) is -0.824. The molecule has 0 rings (SSSR count). The fourth-order valence-electron chi connectivity index (χ4n) is 10.7. The molecule has 0 radical (unpaired) electrons. The summed E-state index contributed by atoms with van der Waals surface area (Å²) in [4.78, 5) is 36.0. The summed E-state index contributed by atoms with van der Waals surface area (Å²) in [5.41, 5.74) is 0. The van der Waals surface area contributed by atoms with E-state index in [1.54, 1.807) is 0 Å². The Hall–Kier alpha value is -5.41. The standard InChI is InChI=1S/C92H150NO8P/c1-6-8-10-12-14-16-18-20-22-24-26-28-30-32-34-36-38-40-42-44-46-48-50-52-54-56-58-60-62-64-66-68-70-72-74-76-78-80-82-84-91(94)98-88-90(89-100-102(96,97)99-87-86-93(3,4)5)101-92(95)85-83-81-79-77-75-73-71-69-67-65-63-61-59-57-55-53-51-49-47-45-43-41-39-37-35-33-31-29-27-25-23-21-19-17-15-13-11-9-7-2/h8-11,14-17,20-23,26-29,32-35,38-41,45,47,51,53,57,59,63,65,69,71,90H,6-7,12-13,18-19,24-25,30-31,36-37,42-44,46,48-50,52,54-56,58,60-62,64,66-68,70,72-89H2,1-5H3/p+1/b10-8-,11-9-,16-14-,17-15-,22-20-,23-21-,28-26-,29-27-,34-32-,35-33-,40-38-,41-39-,47-45-,53-51-,59-57-,65-63-,71-69-. The highest BCUT2D eigenvalue weighted by atomic mass is 31.2. The molecule has 2 atom stereocenters. The number of allylic oxidation sites excluding steroid dienone is 34. The minimum Gasteiger partial charge on any atom is -0.462 e. The van der Waals surface area contributed by atoms with E-state index in [-0.39, 0.29) is 32.0 Å². The van der Waals surface area contributed by atoms with E-state index < -0.39 is 26.5 Å². The molecule has 2 unspecified atom stereocenters. The Balaban J connectivity index is 4.07. The minimum atomic E-state index is -4.42. The van der Waals surface area contributed by atoms with Crippen LogP contribution in [0.3, 0.4) is 0 Å². The summed E-state index contributed by atoms with van der Waals surface area (Å²) in [6, 6.07) is 0. The maximum absolute atomic E-state index is 12.9. The van der Waals surface area contributed by atoms with E-state index in [1.165, 1.54) is 116 Å². The van der Waals surface area contributed by atoms with Crippen LogP contribution in [0.5, 0.6) is 0 Å². The van der Waals surface area contributed by atoms with Gasteiger partial charge in [0.25, 0.3) is 0 Å². The van der Waals surface area contributed by atoms with Crippen LogP contribution in [0.15, 0.2) is 207 Å². The number of ether oxygens (including phenoxy) is 2.